The molecule has 0 saturated carbocycles. The Balaban J connectivity index is 1.75. The summed E-state index contributed by atoms with van der Waals surface area (Å²) in [6.07, 6.45) is 1.06. The molecule has 0 aliphatic carbocycles. The molecule has 2 fully saturated rings. The van der Waals surface area contributed by atoms with E-state index in [1.165, 1.54) is 6.07 Å². The number of benzene rings is 1. The predicted octanol–water partition coefficient (Wildman–Crippen LogP) is 1.95. The van der Waals surface area contributed by atoms with Crippen molar-refractivity contribution in [1.82, 2.24) is 4.90 Å². The van der Waals surface area contributed by atoms with Gasteiger partial charge < -0.3 is 14.7 Å². The van der Waals surface area contributed by atoms with Crippen molar-refractivity contribution in [3.63, 3.8) is 0 Å². The summed E-state index contributed by atoms with van der Waals surface area (Å²) in [5.74, 6) is -0.928. The van der Waals surface area contributed by atoms with Crippen LogP contribution < -0.4 is 4.90 Å². The standard InChI is InChI=1S/C15H19ClN2O3/c16-11-1-2-14(13(9-11)15(19)20)18-4-3-12(10-18)17-5-7-21-8-6-17/h1-2,9,12H,3-8,10H2,(H,19,20). The van der Waals surface area contributed by atoms with E-state index in [4.69, 9.17) is 16.3 Å². The molecule has 2 aliphatic heterocycles. The lowest BCUT2D eigenvalue weighted by Gasteiger charge is -2.32. The maximum Gasteiger partial charge on any atom is 0.337 e. The average Bonchev–Trinajstić information content (AvgIpc) is 2.97. The van der Waals surface area contributed by atoms with Crippen molar-refractivity contribution < 1.29 is 14.6 Å². The fourth-order valence-electron chi connectivity index (χ4n) is 3.16. The summed E-state index contributed by atoms with van der Waals surface area (Å²) in [7, 11) is 0. The molecule has 0 bridgehead atoms. The molecule has 0 amide bonds. The second-order valence-corrected chi connectivity index (χ2v) is 5.94. The molecule has 21 heavy (non-hydrogen) atoms. The highest BCUT2D eigenvalue weighted by Gasteiger charge is 2.30. The van der Waals surface area contributed by atoms with Crippen molar-refractivity contribution in [3.8, 4) is 0 Å². The molecule has 1 unspecified atom stereocenters. The van der Waals surface area contributed by atoms with Crippen LogP contribution in [-0.2, 0) is 4.74 Å². The molecule has 5 nitrogen and oxygen atoms in total. The number of hydrogen-bond donors (Lipinski definition) is 1. The Hall–Kier alpha value is -1.30. The largest absolute Gasteiger partial charge is 0.478 e. The zero-order chi connectivity index (χ0) is 14.8. The van der Waals surface area contributed by atoms with Gasteiger partial charge in [-0.1, -0.05) is 11.6 Å². The number of hydrogen-bond acceptors (Lipinski definition) is 4. The molecular weight excluding hydrogens is 292 g/mol. The molecule has 0 radical (unpaired) electrons. The Morgan fingerprint density at radius 2 is 2.05 bits per heavy atom. The van der Waals surface area contributed by atoms with E-state index >= 15 is 0 Å². The number of rotatable bonds is 3. The first kappa shape index (κ1) is 14.6. The minimum atomic E-state index is -0.928. The van der Waals surface area contributed by atoms with Gasteiger partial charge in [-0.15, -0.1) is 0 Å². The first-order valence-corrected chi connectivity index (χ1v) is 7.62. The topological polar surface area (TPSA) is 53.0 Å². The highest BCUT2D eigenvalue weighted by molar-refractivity contribution is 6.31. The van der Waals surface area contributed by atoms with Gasteiger partial charge in [0.2, 0.25) is 0 Å². The molecule has 1 N–H and O–H groups in total. The number of aromatic carboxylic acids is 1. The molecular formula is C15H19ClN2O3. The number of nitrogens with zero attached hydrogens (tertiary/aromatic N) is 2. The van der Waals surface area contributed by atoms with Gasteiger partial charge in [-0.25, -0.2) is 4.79 Å². The molecule has 1 aromatic carbocycles. The monoisotopic (exact) mass is 310 g/mol. The van der Waals surface area contributed by atoms with Gasteiger partial charge in [0, 0.05) is 37.2 Å². The maximum absolute atomic E-state index is 11.4. The van der Waals surface area contributed by atoms with Crippen LogP contribution in [0.1, 0.15) is 16.8 Å². The molecule has 114 valence electrons. The van der Waals surface area contributed by atoms with Crippen LogP contribution in [0, 0.1) is 0 Å². The Morgan fingerprint density at radius 3 is 2.76 bits per heavy atom. The summed E-state index contributed by atoms with van der Waals surface area (Å²) in [5, 5.41) is 9.81. The molecule has 0 aromatic heterocycles. The van der Waals surface area contributed by atoms with E-state index in [1.807, 2.05) is 6.07 Å². The number of carboxylic acid groups (broad SMARTS) is 1. The minimum Gasteiger partial charge on any atom is -0.478 e. The normalized spacial score (nSPS) is 23.5. The SMILES string of the molecule is O=C(O)c1cc(Cl)ccc1N1CCC(N2CCOCC2)C1. The molecule has 2 aliphatic rings. The Labute approximate surface area is 129 Å². The lowest BCUT2D eigenvalue weighted by molar-refractivity contribution is 0.0209. The Morgan fingerprint density at radius 1 is 1.29 bits per heavy atom. The van der Waals surface area contributed by atoms with E-state index in [9.17, 15) is 9.90 Å². The number of carboxylic acids is 1. The highest BCUT2D eigenvalue weighted by atomic mass is 35.5. The van der Waals surface area contributed by atoms with Crippen molar-refractivity contribution in [1.29, 1.82) is 0 Å². The van der Waals surface area contributed by atoms with Crippen LogP contribution in [0.5, 0.6) is 0 Å². The third-order valence-corrected chi connectivity index (χ3v) is 4.49. The van der Waals surface area contributed by atoms with Crippen LogP contribution in [0.25, 0.3) is 0 Å². The van der Waals surface area contributed by atoms with Crippen LogP contribution >= 0.6 is 11.6 Å². The van der Waals surface area contributed by atoms with Crippen molar-refractivity contribution in [2.75, 3.05) is 44.3 Å². The zero-order valence-electron chi connectivity index (χ0n) is 11.8. The smallest absolute Gasteiger partial charge is 0.337 e. The Kier molecular flexibility index (Phi) is 4.33. The van der Waals surface area contributed by atoms with Crippen molar-refractivity contribution >= 4 is 23.3 Å². The lowest BCUT2D eigenvalue weighted by Crippen LogP contribution is -2.44. The minimum absolute atomic E-state index is 0.283. The van der Waals surface area contributed by atoms with E-state index in [2.05, 4.69) is 9.80 Å². The number of carbonyl (C=O) groups is 1. The first-order chi connectivity index (χ1) is 10.1. The number of anilines is 1. The van der Waals surface area contributed by atoms with Gasteiger partial charge in [0.25, 0.3) is 0 Å². The summed E-state index contributed by atoms with van der Waals surface area (Å²) in [4.78, 5) is 16.0. The van der Waals surface area contributed by atoms with E-state index in [0.717, 1.165) is 51.5 Å². The van der Waals surface area contributed by atoms with Gasteiger partial charge in [-0.05, 0) is 24.6 Å². The third kappa shape index (κ3) is 3.15. The summed E-state index contributed by atoms with van der Waals surface area (Å²) < 4.78 is 5.39. The Bertz CT molecular complexity index is 532. The molecule has 2 heterocycles. The lowest BCUT2D eigenvalue weighted by atomic mass is 10.1. The number of halogens is 1. The summed E-state index contributed by atoms with van der Waals surface area (Å²) in [5.41, 5.74) is 1.05. The quantitative estimate of drug-likeness (QED) is 0.925. The maximum atomic E-state index is 11.4. The van der Waals surface area contributed by atoms with E-state index in [1.54, 1.807) is 6.07 Å². The van der Waals surface area contributed by atoms with Gasteiger partial charge in [0.15, 0.2) is 0 Å². The van der Waals surface area contributed by atoms with Gasteiger partial charge in [-0.2, -0.15) is 0 Å². The molecule has 3 rings (SSSR count). The van der Waals surface area contributed by atoms with Gasteiger partial charge >= 0.3 is 5.97 Å². The van der Waals surface area contributed by atoms with Gasteiger partial charge in [0.1, 0.15) is 0 Å². The third-order valence-electron chi connectivity index (χ3n) is 4.26. The second kappa shape index (κ2) is 6.22. The summed E-state index contributed by atoms with van der Waals surface area (Å²) >= 11 is 5.91. The number of ether oxygens (including phenoxy) is 1. The molecule has 6 heteroatoms. The summed E-state index contributed by atoms with van der Waals surface area (Å²) in [6.45, 7) is 5.25. The van der Waals surface area contributed by atoms with Crippen LogP contribution in [0.3, 0.4) is 0 Å². The van der Waals surface area contributed by atoms with Crippen LogP contribution in [0.2, 0.25) is 5.02 Å². The van der Waals surface area contributed by atoms with Crippen LogP contribution in [-0.4, -0.2) is 61.4 Å². The summed E-state index contributed by atoms with van der Waals surface area (Å²) in [6, 6.07) is 5.58. The van der Waals surface area contributed by atoms with Crippen LogP contribution in [0.4, 0.5) is 5.69 Å². The van der Waals surface area contributed by atoms with Crippen molar-refractivity contribution in [2.24, 2.45) is 0 Å². The zero-order valence-corrected chi connectivity index (χ0v) is 12.6. The van der Waals surface area contributed by atoms with Crippen molar-refractivity contribution in [2.45, 2.75) is 12.5 Å². The first-order valence-electron chi connectivity index (χ1n) is 7.25. The van der Waals surface area contributed by atoms with Gasteiger partial charge in [0.05, 0.1) is 24.5 Å². The average molecular weight is 311 g/mol. The number of morpholine rings is 1. The van der Waals surface area contributed by atoms with Gasteiger partial charge in [-0.3, -0.25) is 4.90 Å². The molecule has 0 spiro atoms. The second-order valence-electron chi connectivity index (χ2n) is 5.50. The van der Waals surface area contributed by atoms with E-state index < -0.39 is 5.97 Å². The predicted molar refractivity (Wildman–Crippen MR) is 81.4 cm³/mol. The fourth-order valence-corrected chi connectivity index (χ4v) is 3.33. The van der Waals surface area contributed by atoms with Crippen molar-refractivity contribution in [3.05, 3.63) is 28.8 Å². The fraction of sp³-hybridized carbons (Fsp3) is 0.533. The highest BCUT2D eigenvalue weighted by Crippen LogP contribution is 2.29. The molecule has 1 aromatic rings. The van der Waals surface area contributed by atoms with Crippen LogP contribution in [0.15, 0.2) is 18.2 Å². The molecule has 1 atom stereocenters. The van der Waals surface area contributed by atoms with E-state index in [0.29, 0.717) is 11.1 Å². The molecule has 2 saturated heterocycles. The van der Waals surface area contributed by atoms with E-state index in [-0.39, 0.29) is 5.56 Å².